The van der Waals surface area contributed by atoms with Crippen LogP contribution < -0.4 is 10.6 Å². The minimum Gasteiger partial charge on any atom is -0.383 e. The molecule has 18 heavy (non-hydrogen) atoms. The van der Waals surface area contributed by atoms with E-state index in [-0.39, 0.29) is 6.54 Å². The summed E-state index contributed by atoms with van der Waals surface area (Å²) in [5.74, 6) is -3.88. The van der Waals surface area contributed by atoms with Crippen molar-refractivity contribution in [1.29, 1.82) is 0 Å². The number of halogens is 3. The lowest BCUT2D eigenvalue weighted by Crippen LogP contribution is -2.32. The van der Waals surface area contributed by atoms with Gasteiger partial charge in [-0.2, -0.15) is 0 Å². The second kappa shape index (κ2) is 6.85. The Morgan fingerprint density at radius 3 is 2.72 bits per heavy atom. The van der Waals surface area contributed by atoms with Gasteiger partial charge in [-0.05, 0) is 0 Å². The van der Waals surface area contributed by atoms with Crippen LogP contribution >= 0.6 is 0 Å². The molecule has 1 rings (SSSR count). The van der Waals surface area contributed by atoms with E-state index in [4.69, 9.17) is 4.74 Å². The molecule has 0 fully saturated rings. The van der Waals surface area contributed by atoms with Gasteiger partial charge in [-0.3, -0.25) is 4.79 Å². The van der Waals surface area contributed by atoms with E-state index in [1.165, 1.54) is 7.11 Å². The summed E-state index contributed by atoms with van der Waals surface area (Å²) < 4.78 is 43.6. The van der Waals surface area contributed by atoms with Gasteiger partial charge in [0.25, 0.3) is 0 Å². The molecule has 0 spiro atoms. The minimum absolute atomic E-state index is 0.288. The van der Waals surface area contributed by atoms with Crippen LogP contribution in [0.5, 0.6) is 0 Å². The van der Waals surface area contributed by atoms with Gasteiger partial charge < -0.3 is 15.4 Å². The molecule has 0 aliphatic carbocycles. The molecule has 4 nitrogen and oxygen atoms in total. The van der Waals surface area contributed by atoms with Crippen molar-refractivity contribution < 1.29 is 22.7 Å². The average Bonchev–Trinajstić information content (AvgIpc) is 2.32. The second-order valence-electron chi connectivity index (χ2n) is 3.45. The first-order chi connectivity index (χ1) is 8.54. The lowest BCUT2D eigenvalue weighted by molar-refractivity contribution is -0.119. The summed E-state index contributed by atoms with van der Waals surface area (Å²) in [5, 5.41) is 4.78. The summed E-state index contributed by atoms with van der Waals surface area (Å²) in [6.45, 7) is 0.356. The number of carbonyl (C=O) groups is 1. The van der Waals surface area contributed by atoms with E-state index in [0.29, 0.717) is 19.2 Å². The first-order valence-corrected chi connectivity index (χ1v) is 5.18. The third-order valence-electron chi connectivity index (χ3n) is 2.06. The van der Waals surface area contributed by atoms with Crippen molar-refractivity contribution in [3.05, 3.63) is 29.6 Å². The smallest absolute Gasteiger partial charge is 0.239 e. The molecule has 0 atom stereocenters. The molecule has 0 heterocycles. The van der Waals surface area contributed by atoms with Gasteiger partial charge >= 0.3 is 0 Å². The van der Waals surface area contributed by atoms with E-state index >= 15 is 0 Å². The van der Waals surface area contributed by atoms with Crippen LogP contribution in [-0.4, -0.2) is 32.7 Å². The lowest BCUT2D eigenvalue weighted by Gasteiger charge is -2.08. The fourth-order valence-electron chi connectivity index (χ4n) is 1.22. The fraction of sp³-hybridized carbons (Fsp3) is 0.364. The van der Waals surface area contributed by atoms with Gasteiger partial charge in [0.05, 0.1) is 18.8 Å². The Bertz CT molecular complexity index is 427. The number of benzene rings is 1. The van der Waals surface area contributed by atoms with Gasteiger partial charge in [-0.15, -0.1) is 0 Å². The van der Waals surface area contributed by atoms with E-state index < -0.39 is 29.0 Å². The molecule has 0 saturated heterocycles. The number of hydrogen-bond acceptors (Lipinski definition) is 3. The Balaban J connectivity index is 2.50. The maximum Gasteiger partial charge on any atom is 0.239 e. The molecule has 1 aromatic rings. The maximum absolute atomic E-state index is 13.2. The van der Waals surface area contributed by atoms with Crippen LogP contribution in [0.3, 0.4) is 0 Å². The number of anilines is 1. The van der Waals surface area contributed by atoms with Crippen LogP contribution in [0.15, 0.2) is 12.1 Å². The Morgan fingerprint density at radius 1 is 1.33 bits per heavy atom. The van der Waals surface area contributed by atoms with Crippen molar-refractivity contribution in [1.82, 2.24) is 5.32 Å². The van der Waals surface area contributed by atoms with E-state index in [0.717, 1.165) is 6.07 Å². The molecule has 0 bridgehead atoms. The number of ether oxygens (including phenoxy) is 1. The monoisotopic (exact) mass is 262 g/mol. The van der Waals surface area contributed by atoms with Crippen LogP contribution in [-0.2, 0) is 9.53 Å². The molecule has 1 aromatic carbocycles. The zero-order valence-corrected chi connectivity index (χ0v) is 9.73. The third kappa shape index (κ3) is 4.25. The minimum atomic E-state index is -1.31. The van der Waals surface area contributed by atoms with Crippen LogP contribution in [0.4, 0.5) is 18.9 Å². The normalized spacial score (nSPS) is 10.2. The number of hydrogen-bond donors (Lipinski definition) is 2. The number of amides is 1. The highest BCUT2D eigenvalue weighted by atomic mass is 19.2. The van der Waals surface area contributed by atoms with E-state index in [1.54, 1.807) is 0 Å². The van der Waals surface area contributed by atoms with Gasteiger partial charge in [-0.25, -0.2) is 13.2 Å². The van der Waals surface area contributed by atoms with Crippen molar-refractivity contribution in [2.45, 2.75) is 0 Å². The predicted molar refractivity (Wildman–Crippen MR) is 59.7 cm³/mol. The topological polar surface area (TPSA) is 50.4 Å². The first-order valence-electron chi connectivity index (χ1n) is 5.18. The summed E-state index contributed by atoms with van der Waals surface area (Å²) in [7, 11) is 1.48. The molecular formula is C11H13F3N2O2. The largest absolute Gasteiger partial charge is 0.383 e. The Labute approximate surface area is 102 Å². The van der Waals surface area contributed by atoms with E-state index in [2.05, 4.69) is 10.6 Å². The molecule has 0 saturated carbocycles. The lowest BCUT2D eigenvalue weighted by atomic mass is 10.3. The molecular weight excluding hydrogens is 249 g/mol. The molecule has 0 aromatic heterocycles. The van der Waals surface area contributed by atoms with Gasteiger partial charge in [0, 0.05) is 25.8 Å². The number of methoxy groups -OCH3 is 1. The molecule has 0 aliphatic rings. The highest BCUT2D eigenvalue weighted by Gasteiger charge is 2.11. The zero-order chi connectivity index (χ0) is 13.5. The standard InChI is InChI=1S/C11H13F3N2O2/c1-18-3-2-15-10(17)6-16-9-5-7(12)4-8(13)11(9)14/h4-5,16H,2-3,6H2,1H3,(H,15,17). The quantitative estimate of drug-likeness (QED) is 0.600. The Kier molecular flexibility index (Phi) is 5.44. The van der Waals surface area contributed by atoms with Crippen LogP contribution in [0.2, 0.25) is 0 Å². The molecule has 100 valence electrons. The van der Waals surface area contributed by atoms with E-state index in [1.807, 2.05) is 0 Å². The Morgan fingerprint density at radius 2 is 2.06 bits per heavy atom. The number of nitrogens with one attached hydrogen (secondary N) is 2. The van der Waals surface area contributed by atoms with Crippen molar-refractivity contribution in [2.75, 3.05) is 32.1 Å². The predicted octanol–water partition coefficient (Wildman–Crippen LogP) is 1.28. The first kappa shape index (κ1) is 14.3. The van der Waals surface area contributed by atoms with Crippen molar-refractivity contribution in [3.8, 4) is 0 Å². The molecule has 7 heteroatoms. The number of carbonyl (C=O) groups excluding carboxylic acids is 1. The SMILES string of the molecule is COCCNC(=O)CNc1cc(F)cc(F)c1F. The van der Waals surface area contributed by atoms with Crippen LogP contribution in [0.1, 0.15) is 0 Å². The summed E-state index contributed by atoms with van der Waals surface area (Å²) in [5.41, 5.74) is -0.394. The summed E-state index contributed by atoms with van der Waals surface area (Å²) in [6, 6.07) is 1.21. The molecule has 0 radical (unpaired) electrons. The average molecular weight is 262 g/mol. The van der Waals surface area contributed by atoms with Crippen molar-refractivity contribution >= 4 is 11.6 Å². The fourth-order valence-corrected chi connectivity index (χ4v) is 1.22. The third-order valence-corrected chi connectivity index (χ3v) is 2.06. The summed E-state index contributed by atoms with van der Waals surface area (Å²) in [4.78, 5) is 11.2. The summed E-state index contributed by atoms with van der Waals surface area (Å²) >= 11 is 0. The number of rotatable bonds is 6. The molecule has 0 unspecified atom stereocenters. The van der Waals surface area contributed by atoms with E-state index in [9.17, 15) is 18.0 Å². The molecule has 1 amide bonds. The van der Waals surface area contributed by atoms with Gasteiger partial charge in [0.1, 0.15) is 5.82 Å². The second-order valence-corrected chi connectivity index (χ2v) is 3.45. The van der Waals surface area contributed by atoms with Gasteiger partial charge in [-0.1, -0.05) is 0 Å². The van der Waals surface area contributed by atoms with Crippen LogP contribution in [0, 0.1) is 17.5 Å². The molecule has 2 N–H and O–H groups in total. The highest BCUT2D eigenvalue weighted by Crippen LogP contribution is 2.18. The van der Waals surface area contributed by atoms with Crippen molar-refractivity contribution in [2.24, 2.45) is 0 Å². The van der Waals surface area contributed by atoms with Gasteiger partial charge in [0.2, 0.25) is 5.91 Å². The highest BCUT2D eigenvalue weighted by molar-refractivity contribution is 5.80. The van der Waals surface area contributed by atoms with Gasteiger partial charge in [0.15, 0.2) is 11.6 Å². The summed E-state index contributed by atoms with van der Waals surface area (Å²) in [6.07, 6.45) is 0. The van der Waals surface area contributed by atoms with Crippen molar-refractivity contribution in [3.63, 3.8) is 0 Å². The zero-order valence-electron chi connectivity index (χ0n) is 9.73. The van der Waals surface area contributed by atoms with Crippen LogP contribution in [0.25, 0.3) is 0 Å². The Hall–Kier alpha value is -1.76. The molecule has 0 aliphatic heterocycles. The maximum atomic E-state index is 13.2.